The Morgan fingerprint density at radius 3 is 2.53 bits per heavy atom. The maximum atomic E-state index is 9.42. The molecule has 0 atom stereocenters. The molecule has 0 amide bonds. The number of hydrogen-bond acceptors (Lipinski definition) is 2. The Hall–Kier alpha value is -0.470. The highest BCUT2D eigenvalue weighted by Gasteiger charge is 2.37. The summed E-state index contributed by atoms with van der Waals surface area (Å²) in [6.07, 6.45) is 3.57. The van der Waals surface area contributed by atoms with Gasteiger partial charge in [-0.3, -0.25) is 0 Å². The quantitative estimate of drug-likeness (QED) is 0.846. The van der Waals surface area contributed by atoms with Crippen LogP contribution in [-0.4, -0.2) is 16.5 Å². The van der Waals surface area contributed by atoms with E-state index in [9.17, 15) is 5.11 Å². The first kappa shape index (κ1) is 11.0. The SMILES string of the molecule is Cc1ccc(SC2(CO)CCC2)c(C)c1. The molecule has 2 heteroatoms. The van der Waals surface area contributed by atoms with E-state index in [0.717, 1.165) is 12.8 Å². The van der Waals surface area contributed by atoms with Crippen LogP contribution in [0.1, 0.15) is 30.4 Å². The third-order valence-corrected chi connectivity index (χ3v) is 4.86. The van der Waals surface area contributed by atoms with Gasteiger partial charge in [0.2, 0.25) is 0 Å². The highest BCUT2D eigenvalue weighted by Crippen LogP contribution is 2.47. The van der Waals surface area contributed by atoms with Crippen molar-refractivity contribution in [2.45, 2.75) is 42.8 Å². The highest BCUT2D eigenvalue weighted by atomic mass is 32.2. The summed E-state index contributed by atoms with van der Waals surface area (Å²) in [6, 6.07) is 6.55. The smallest absolute Gasteiger partial charge is 0.0581 e. The van der Waals surface area contributed by atoms with Crippen LogP contribution in [0.5, 0.6) is 0 Å². The maximum absolute atomic E-state index is 9.42. The predicted molar refractivity (Wildman–Crippen MR) is 65.4 cm³/mol. The molecule has 0 bridgehead atoms. The molecule has 0 saturated heterocycles. The number of aryl methyl sites for hydroxylation is 2. The molecule has 0 aromatic heterocycles. The molecule has 1 aliphatic rings. The van der Waals surface area contributed by atoms with Gasteiger partial charge in [-0.2, -0.15) is 0 Å². The summed E-state index contributed by atoms with van der Waals surface area (Å²) >= 11 is 1.86. The van der Waals surface area contributed by atoms with E-state index >= 15 is 0 Å². The molecule has 1 saturated carbocycles. The number of hydrogen-bond donors (Lipinski definition) is 1. The minimum Gasteiger partial charge on any atom is -0.395 e. The zero-order chi connectivity index (χ0) is 10.9. The fourth-order valence-corrected chi connectivity index (χ4v) is 3.39. The van der Waals surface area contributed by atoms with Gasteiger partial charge in [0.1, 0.15) is 0 Å². The second kappa shape index (κ2) is 4.18. The third-order valence-electron chi connectivity index (χ3n) is 3.21. The molecule has 0 radical (unpaired) electrons. The highest BCUT2D eigenvalue weighted by molar-refractivity contribution is 8.00. The van der Waals surface area contributed by atoms with Crippen molar-refractivity contribution in [2.24, 2.45) is 0 Å². The fourth-order valence-electron chi connectivity index (χ4n) is 2.01. The number of thioether (sulfide) groups is 1. The summed E-state index contributed by atoms with van der Waals surface area (Å²) in [5.74, 6) is 0. The molecule has 1 N–H and O–H groups in total. The van der Waals surface area contributed by atoms with Gasteiger partial charge in [0, 0.05) is 9.64 Å². The molecule has 15 heavy (non-hydrogen) atoms. The van der Waals surface area contributed by atoms with E-state index in [4.69, 9.17) is 0 Å². The van der Waals surface area contributed by atoms with Crippen LogP contribution >= 0.6 is 11.8 Å². The first-order valence-electron chi connectivity index (χ1n) is 5.52. The maximum Gasteiger partial charge on any atom is 0.0581 e. The summed E-state index contributed by atoms with van der Waals surface area (Å²) in [5.41, 5.74) is 2.64. The second-order valence-corrected chi connectivity index (χ2v) is 6.08. The lowest BCUT2D eigenvalue weighted by atomic mass is 9.85. The number of rotatable bonds is 3. The van der Waals surface area contributed by atoms with E-state index in [1.165, 1.54) is 22.4 Å². The number of aliphatic hydroxyl groups is 1. The summed E-state index contributed by atoms with van der Waals surface area (Å²) < 4.78 is 0.125. The molecule has 1 aromatic carbocycles. The van der Waals surface area contributed by atoms with Crippen molar-refractivity contribution in [1.82, 2.24) is 0 Å². The van der Waals surface area contributed by atoms with Gasteiger partial charge < -0.3 is 5.11 Å². The first-order chi connectivity index (χ1) is 7.15. The monoisotopic (exact) mass is 222 g/mol. The van der Waals surface area contributed by atoms with Gasteiger partial charge >= 0.3 is 0 Å². The standard InChI is InChI=1S/C13H18OS/c1-10-4-5-12(11(2)8-10)15-13(9-14)6-3-7-13/h4-5,8,14H,3,6-7,9H2,1-2H3. The first-order valence-corrected chi connectivity index (χ1v) is 6.34. The molecule has 1 aliphatic carbocycles. The Morgan fingerprint density at radius 2 is 2.07 bits per heavy atom. The zero-order valence-corrected chi connectivity index (χ0v) is 10.2. The fraction of sp³-hybridized carbons (Fsp3) is 0.538. The summed E-state index contributed by atoms with van der Waals surface area (Å²) in [4.78, 5) is 1.33. The molecule has 1 nitrogen and oxygen atoms in total. The largest absolute Gasteiger partial charge is 0.395 e. The zero-order valence-electron chi connectivity index (χ0n) is 9.42. The van der Waals surface area contributed by atoms with Crippen molar-refractivity contribution >= 4 is 11.8 Å². The Morgan fingerprint density at radius 1 is 1.33 bits per heavy atom. The van der Waals surface area contributed by atoms with E-state index in [0.29, 0.717) is 6.61 Å². The van der Waals surface area contributed by atoms with E-state index in [2.05, 4.69) is 32.0 Å². The van der Waals surface area contributed by atoms with E-state index in [-0.39, 0.29) is 4.75 Å². The Bertz CT molecular complexity index is 350. The van der Waals surface area contributed by atoms with Crippen LogP contribution in [0.2, 0.25) is 0 Å². The summed E-state index contributed by atoms with van der Waals surface area (Å²) in [7, 11) is 0. The van der Waals surface area contributed by atoms with Gasteiger partial charge in [-0.15, -0.1) is 11.8 Å². The molecular weight excluding hydrogens is 204 g/mol. The Labute approximate surface area is 95.9 Å². The lowest BCUT2D eigenvalue weighted by molar-refractivity contribution is 0.191. The lowest BCUT2D eigenvalue weighted by Gasteiger charge is -2.39. The minimum absolute atomic E-state index is 0.125. The Balaban J connectivity index is 2.16. The van der Waals surface area contributed by atoms with Gasteiger partial charge in [0.25, 0.3) is 0 Å². The van der Waals surface area contributed by atoms with Crippen LogP contribution in [0.15, 0.2) is 23.1 Å². The molecule has 2 rings (SSSR count). The Kier molecular flexibility index (Phi) is 3.08. The molecule has 0 aliphatic heterocycles. The molecule has 0 spiro atoms. The van der Waals surface area contributed by atoms with E-state index < -0.39 is 0 Å². The van der Waals surface area contributed by atoms with Crippen molar-refractivity contribution in [3.63, 3.8) is 0 Å². The van der Waals surface area contributed by atoms with E-state index in [1.54, 1.807) is 0 Å². The van der Waals surface area contributed by atoms with Gasteiger partial charge in [-0.1, -0.05) is 24.1 Å². The molecule has 1 aromatic rings. The minimum atomic E-state index is 0.125. The average Bonchev–Trinajstić information content (AvgIpc) is 2.14. The molecule has 1 fully saturated rings. The second-order valence-electron chi connectivity index (χ2n) is 4.57. The van der Waals surface area contributed by atoms with Gasteiger partial charge in [-0.05, 0) is 38.3 Å². The number of aliphatic hydroxyl groups excluding tert-OH is 1. The average molecular weight is 222 g/mol. The van der Waals surface area contributed by atoms with Crippen molar-refractivity contribution in [3.8, 4) is 0 Å². The van der Waals surface area contributed by atoms with Crippen molar-refractivity contribution in [1.29, 1.82) is 0 Å². The van der Waals surface area contributed by atoms with Crippen LogP contribution in [0.25, 0.3) is 0 Å². The van der Waals surface area contributed by atoms with Crippen LogP contribution in [0, 0.1) is 13.8 Å². The van der Waals surface area contributed by atoms with E-state index in [1.807, 2.05) is 11.8 Å². The van der Waals surface area contributed by atoms with Crippen LogP contribution in [0.3, 0.4) is 0 Å². The van der Waals surface area contributed by atoms with Crippen molar-refractivity contribution < 1.29 is 5.11 Å². The molecule has 82 valence electrons. The molecular formula is C13H18OS. The molecule has 0 unspecified atom stereocenters. The van der Waals surface area contributed by atoms with Gasteiger partial charge in [0.15, 0.2) is 0 Å². The van der Waals surface area contributed by atoms with Crippen LogP contribution < -0.4 is 0 Å². The number of benzene rings is 1. The van der Waals surface area contributed by atoms with Gasteiger partial charge in [-0.25, -0.2) is 0 Å². The lowest BCUT2D eigenvalue weighted by Crippen LogP contribution is -2.37. The van der Waals surface area contributed by atoms with Gasteiger partial charge in [0.05, 0.1) is 6.61 Å². The molecule has 0 heterocycles. The topological polar surface area (TPSA) is 20.2 Å². The normalized spacial score (nSPS) is 18.6. The van der Waals surface area contributed by atoms with Crippen molar-refractivity contribution in [2.75, 3.05) is 6.61 Å². The summed E-state index contributed by atoms with van der Waals surface area (Å²) in [6.45, 7) is 4.58. The third kappa shape index (κ3) is 2.21. The van der Waals surface area contributed by atoms with Crippen molar-refractivity contribution in [3.05, 3.63) is 29.3 Å². The predicted octanol–water partition coefficient (Wildman–Crippen LogP) is 3.31. The summed E-state index contributed by atoms with van der Waals surface area (Å²) in [5, 5.41) is 9.42. The van der Waals surface area contributed by atoms with Crippen LogP contribution in [0.4, 0.5) is 0 Å². The van der Waals surface area contributed by atoms with Crippen LogP contribution in [-0.2, 0) is 0 Å².